The van der Waals surface area contributed by atoms with E-state index in [0.29, 0.717) is 10.6 Å². The second-order valence-corrected chi connectivity index (χ2v) is 10.1. The number of benzene rings is 3. The van der Waals surface area contributed by atoms with Crippen LogP contribution >= 0.6 is 7.14 Å². The third kappa shape index (κ3) is 3.81. The van der Waals surface area contributed by atoms with Gasteiger partial charge in [0.2, 0.25) is 5.91 Å². The van der Waals surface area contributed by atoms with Gasteiger partial charge in [0, 0.05) is 17.0 Å². The zero-order valence-corrected chi connectivity index (χ0v) is 17.3. The van der Waals surface area contributed by atoms with Crippen molar-refractivity contribution in [3.8, 4) is 0 Å². The molecule has 3 aromatic rings. The Morgan fingerprint density at radius 2 is 1.37 bits per heavy atom. The van der Waals surface area contributed by atoms with E-state index in [-0.39, 0.29) is 25.5 Å². The van der Waals surface area contributed by atoms with E-state index in [4.69, 9.17) is 4.74 Å². The Hall–Kier alpha value is -3.17. The van der Waals surface area contributed by atoms with Gasteiger partial charge in [-0.05, 0) is 5.56 Å². The average molecular weight is 419 g/mol. The van der Waals surface area contributed by atoms with Crippen LogP contribution in [0.2, 0.25) is 0 Å². The van der Waals surface area contributed by atoms with Gasteiger partial charge in [-0.1, -0.05) is 91.0 Å². The summed E-state index contributed by atoms with van der Waals surface area (Å²) in [6.07, 6.45) is -0.693. The van der Waals surface area contributed by atoms with Crippen LogP contribution in [0.4, 0.5) is 4.79 Å². The maximum Gasteiger partial charge on any atom is 0.416 e. The molecule has 1 atom stereocenters. The van der Waals surface area contributed by atoms with Crippen LogP contribution in [0.25, 0.3) is 0 Å². The van der Waals surface area contributed by atoms with Gasteiger partial charge >= 0.3 is 6.09 Å². The molecule has 6 heteroatoms. The summed E-state index contributed by atoms with van der Waals surface area (Å²) in [4.78, 5) is 26.1. The molecule has 0 bridgehead atoms. The van der Waals surface area contributed by atoms with Crippen LogP contribution in [0.15, 0.2) is 91.0 Å². The van der Waals surface area contributed by atoms with Gasteiger partial charge in [-0.25, -0.2) is 9.69 Å². The molecule has 1 fully saturated rings. The van der Waals surface area contributed by atoms with E-state index in [2.05, 4.69) is 0 Å². The standard InChI is InChI=1S/C24H22NO4P/c26-23(25-16-17-29-24(25)27)18-22(19-10-4-1-5-11-19)30(28,20-12-6-2-7-13-20)21-14-8-3-9-15-21/h1-15,22H,16-18H2. The van der Waals surface area contributed by atoms with Crippen LogP contribution in [0.5, 0.6) is 0 Å². The van der Waals surface area contributed by atoms with E-state index in [0.717, 1.165) is 10.5 Å². The highest BCUT2D eigenvalue weighted by Crippen LogP contribution is 2.58. The molecule has 0 aromatic heterocycles. The zero-order chi connectivity index (χ0) is 21.0. The topological polar surface area (TPSA) is 63.7 Å². The first kappa shape index (κ1) is 20.1. The molecule has 0 aliphatic carbocycles. The fourth-order valence-electron chi connectivity index (χ4n) is 3.83. The van der Waals surface area contributed by atoms with E-state index >= 15 is 0 Å². The van der Waals surface area contributed by atoms with Crippen LogP contribution in [0.1, 0.15) is 17.6 Å². The smallest absolute Gasteiger partial charge is 0.416 e. The molecule has 4 rings (SSSR count). The van der Waals surface area contributed by atoms with Gasteiger partial charge in [-0.15, -0.1) is 0 Å². The first-order chi connectivity index (χ1) is 14.6. The van der Waals surface area contributed by atoms with E-state index in [1.165, 1.54) is 0 Å². The minimum atomic E-state index is -3.27. The largest absolute Gasteiger partial charge is 0.447 e. The molecule has 1 aliphatic heterocycles. The molecule has 1 heterocycles. The molecule has 3 aromatic carbocycles. The van der Waals surface area contributed by atoms with E-state index in [1.54, 1.807) is 0 Å². The third-order valence-electron chi connectivity index (χ3n) is 5.33. The zero-order valence-electron chi connectivity index (χ0n) is 16.4. The van der Waals surface area contributed by atoms with Gasteiger partial charge in [0.05, 0.1) is 12.2 Å². The highest BCUT2D eigenvalue weighted by atomic mass is 31.2. The van der Waals surface area contributed by atoms with Gasteiger partial charge in [-0.2, -0.15) is 0 Å². The van der Waals surface area contributed by atoms with Crippen LogP contribution in [-0.2, 0) is 14.1 Å². The summed E-state index contributed by atoms with van der Waals surface area (Å²) < 4.78 is 19.8. The Morgan fingerprint density at radius 3 is 1.83 bits per heavy atom. The van der Waals surface area contributed by atoms with Crippen molar-refractivity contribution in [3.05, 3.63) is 96.6 Å². The monoisotopic (exact) mass is 419 g/mol. The van der Waals surface area contributed by atoms with Crippen molar-refractivity contribution in [2.45, 2.75) is 12.1 Å². The number of hydrogen-bond donors (Lipinski definition) is 0. The highest BCUT2D eigenvalue weighted by molar-refractivity contribution is 7.79. The number of imide groups is 1. The molecule has 0 spiro atoms. The lowest BCUT2D eigenvalue weighted by molar-refractivity contribution is -0.127. The molecular formula is C24H22NO4P. The second-order valence-electron chi connectivity index (χ2n) is 7.12. The van der Waals surface area contributed by atoms with E-state index in [1.807, 2.05) is 91.0 Å². The minimum Gasteiger partial charge on any atom is -0.447 e. The number of hydrogen-bond acceptors (Lipinski definition) is 4. The molecule has 30 heavy (non-hydrogen) atoms. The first-order valence-corrected chi connectivity index (χ1v) is 11.6. The maximum atomic E-state index is 14.9. The number of carbonyl (C=O) groups excluding carboxylic acids is 2. The molecule has 1 unspecified atom stereocenters. The quantitative estimate of drug-likeness (QED) is 0.564. The fraction of sp³-hybridized carbons (Fsp3) is 0.167. The number of ether oxygens (including phenoxy) is 1. The van der Waals surface area contributed by atoms with Crippen molar-refractivity contribution in [1.82, 2.24) is 4.90 Å². The lowest BCUT2D eigenvalue weighted by Crippen LogP contribution is -2.34. The van der Waals surface area contributed by atoms with Gasteiger partial charge < -0.3 is 9.30 Å². The normalized spacial score (nSPS) is 14.9. The lowest BCUT2D eigenvalue weighted by atomic mass is 10.1. The van der Waals surface area contributed by atoms with Gasteiger partial charge in [0.25, 0.3) is 0 Å². The number of cyclic esters (lactones) is 1. The molecule has 5 nitrogen and oxygen atoms in total. The molecule has 152 valence electrons. The van der Waals surface area contributed by atoms with Crippen molar-refractivity contribution in [1.29, 1.82) is 0 Å². The van der Waals surface area contributed by atoms with E-state index < -0.39 is 18.9 Å². The van der Waals surface area contributed by atoms with E-state index in [9.17, 15) is 14.2 Å². The van der Waals surface area contributed by atoms with Crippen LogP contribution in [-0.4, -0.2) is 30.1 Å². The number of carbonyl (C=O) groups is 2. The third-order valence-corrected chi connectivity index (χ3v) is 8.82. The summed E-state index contributed by atoms with van der Waals surface area (Å²) in [5.74, 6) is -0.376. The van der Waals surface area contributed by atoms with Crippen LogP contribution in [0.3, 0.4) is 0 Å². The van der Waals surface area contributed by atoms with Crippen LogP contribution in [0, 0.1) is 0 Å². The predicted molar refractivity (Wildman–Crippen MR) is 117 cm³/mol. The first-order valence-electron chi connectivity index (χ1n) is 9.84. The average Bonchev–Trinajstić information content (AvgIpc) is 3.24. The van der Waals surface area contributed by atoms with Crippen molar-refractivity contribution >= 4 is 29.8 Å². The molecule has 2 amide bonds. The highest BCUT2D eigenvalue weighted by Gasteiger charge is 2.41. The maximum absolute atomic E-state index is 14.9. The number of rotatable bonds is 6. The second kappa shape index (κ2) is 8.68. The summed E-state index contributed by atoms with van der Waals surface area (Å²) in [5, 5.41) is 1.36. The fourth-order valence-corrected chi connectivity index (χ4v) is 7.09. The molecule has 1 aliphatic rings. The summed E-state index contributed by atoms with van der Waals surface area (Å²) >= 11 is 0. The summed E-state index contributed by atoms with van der Waals surface area (Å²) in [6, 6.07) is 28.0. The Balaban J connectivity index is 1.85. The molecule has 0 N–H and O–H groups in total. The Morgan fingerprint density at radius 1 is 0.867 bits per heavy atom. The lowest BCUT2D eigenvalue weighted by Gasteiger charge is -2.29. The van der Waals surface area contributed by atoms with Crippen molar-refractivity contribution in [3.63, 3.8) is 0 Å². The molecule has 1 saturated heterocycles. The van der Waals surface area contributed by atoms with Gasteiger partial charge in [-0.3, -0.25) is 4.79 Å². The van der Waals surface area contributed by atoms with Gasteiger partial charge in [0.15, 0.2) is 7.14 Å². The number of amides is 2. The Bertz CT molecular complexity index is 1030. The van der Waals surface area contributed by atoms with Crippen LogP contribution < -0.4 is 10.6 Å². The Kier molecular flexibility index (Phi) is 5.82. The minimum absolute atomic E-state index is 0.0554. The predicted octanol–water partition coefficient (Wildman–Crippen LogP) is 4.11. The SMILES string of the molecule is O=C(CC(c1ccccc1)P(=O)(c1ccccc1)c1ccccc1)N1CCOC1=O. The summed E-state index contributed by atoms with van der Waals surface area (Å²) in [5.41, 5.74) is 0.193. The number of nitrogens with zero attached hydrogens (tertiary/aromatic N) is 1. The summed E-state index contributed by atoms with van der Waals surface area (Å²) in [6.45, 7) is 0.412. The molecule has 0 saturated carbocycles. The Labute approximate surface area is 175 Å². The van der Waals surface area contributed by atoms with Crippen molar-refractivity contribution in [2.24, 2.45) is 0 Å². The summed E-state index contributed by atoms with van der Waals surface area (Å²) in [7, 11) is -3.27. The van der Waals surface area contributed by atoms with Crippen molar-refractivity contribution in [2.75, 3.05) is 13.2 Å². The van der Waals surface area contributed by atoms with Crippen molar-refractivity contribution < 1.29 is 18.9 Å². The molecule has 0 radical (unpaired) electrons. The van der Waals surface area contributed by atoms with Gasteiger partial charge in [0.1, 0.15) is 6.61 Å². The molecular weight excluding hydrogens is 397 g/mol.